The second-order valence-corrected chi connectivity index (χ2v) is 7.43. The molecule has 0 aromatic carbocycles. The molecule has 3 aromatic rings. The number of pyridine rings is 2. The Morgan fingerprint density at radius 2 is 1.81 bits per heavy atom. The summed E-state index contributed by atoms with van der Waals surface area (Å²) in [6, 6.07) is 12.4. The van der Waals surface area contributed by atoms with Crippen LogP contribution in [0.25, 0.3) is 5.82 Å². The molecule has 0 spiro atoms. The number of hydrogen-bond acceptors (Lipinski definition) is 3. The Labute approximate surface area is 165 Å². The number of nitrogens with zero attached hydrogens (tertiary/aromatic N) is 4. The van der Waals surface area contributed by atoms with Crippen molar-refractivity contribution in [3.8, 4) is 5.82 Å². The van der Waals surface area contributed by atoms with Crippen molar-refractivity contribution in [3.05, 3.63) is 77.0 Å². The van der Waals surface area contributed by atoms with Crippen LogP contribution in [-0.4, -0.2) is 31.6 Å². The van der Waals surface area contributed by atoms with E-state index in [0.717, 1.165) is 27.9 Å². The molecular weight excluding hydrogens is 354 g/mol. The molecule has 0 amide bonds. The summed E-state index contributed by atoms with van der Waals surface area (Å²) >= 11 is 5.56. The third kappa shape index (κ3) is 2.90. The van der Waals surface area contributed by atoms with Crippen molar-refractivity contribution in [1.82, 2.24) is 24.8 Å². The lowest BCUT2D eigenvalue weighted by Crippen LogP contribution is -2.25. The number of aryl methyl sites for hydroxylation is 2. The number of hydrogen-bond donors (Lipinski definition) is 1. The Morgan fingerprint density at radius 1 is 1.04 bits per heavy atom. The lowest BCUT2D eigenvalue weighted by atomic mass is 9.97. The topological polar surface area (TPSA) is 46.0 Å². The zero-order valence-corrected chi connectivity index (χ0v) is 16.8. The smallest absolute Gasteiger partial charge is 0.169 e. The molecule has 0 aliphatic carbocycles. The van der Waals surface area contributed by atoms with Gasteiger partial charge in [0, 0.05) is 30.8 Å². The van der Waals surface area contributed by atoms with E-state index in [9.17, 15) is 0 Å². The molecule has 0 saturated carbocycles. The molecular formula is C21H23N5S. The molecule has 1 aliphatic heterocycles. The molecule has 6 heteroatoms. The van der Waals surface area contributed by atoms with E-state index in [4.69, 9.17) is 12.2 Å². The van der Waals surface area contributed by atoms with Crippen molar-refractivity contribution < 1.29 is 0 Å². The van der Waals surface area contributed by atoms with Crippen LogP contribution < -0.4 is 5.32 Å². The third-order valence-corrected chi connectivity index (χ3v) is 5.73. The van der Waals surface area contributed by atoms with E-state index in [1.165, 1.54) is 11.3 Å². The van der Waals surface area contributed by atoms with E-state index in [2.05, 4.69) is 63.7 Å². The summed E-state index contributed by atoms with van der Waals surface area (Å²) in [5.41, 5.74) is 5.73. The van der Waals surface area contributed by atoms with Gasteiger partial charge in [0.15, 0.2) is 5.11 Å². The molecule has 1 fully saturated rings. The molecule has 1 saturated heterocycles. The molecule has 4 heterocycles. The van der Waals surface area contributed by atoms with Gasteiger partial charge in [-0.1, -0.05) is 12.1 Å². The van der Waals surface area contributed by atoms with E-state index < -0.39 is 0 Å². The Bertz CT molecular complexity index is 995. The van der Waals surface area contributed by atoms with Crippen molar-refractivity contribution in [1.29, 1.82) is 0 Å². The van der Waals surface area contributed by atoms with E-state index in [-0.39, 0.29) is 12.1 Å². The van der Waals surface area contributed by atoms with Gasteiger partial charge in [-0.3, -0.25) is 4.98 Å². The maximum absolute atomic E-state index is 5.56. The summed E-state index contributed by atoms with van der Waals surface area (Å²) in [7, 11) is 2.04. The van der Waals surface area contributed by atoms with Gasteiger partial charge >= 0.3 is 0 Å². The second-order valence-electron chi connectivity index (χ2n) is 7.04. The minimum Gasteiger partial charge on any atom is -0.352 e. The first kappa shape index (κ1) is 17.7. The molecule has 5 nitrogen and oxygen atoms in total. The number of rotatable bonds is 3. The van der Waals surface area contributed by atoms with Gasteiger partial charge in [-0.2, -0.15) is 0 Å². The normalized spacial score (nSPS) is 19.4. The van der Waals surface area contributed by atoms with Gasteiger partial charge in [0.1, 0.15) is 5.82 Å². The lowest BCUT2D eigenvalue weighted by molar-refractivity contribution is 0.367. The highest BCUT2D eigenvalue weighted by Gasteiger charge is 2.39. The molecule has 138 valence electrons. The summed E-state index contributed by atoms with van der Waals surface area (Å²) in [6.07, 6.45) is 3.67. The molecule has 0 bridgehead atoms. The van der Waals surface area contributed by atoms with Crippen molar-refractivity contribution >= 4 is 17.3 Å². The van der Waals surface area contributed by atoms with Crippen molar-refractivity contribution in [2.45, 2.75) is 32.9 Å². The van der Waals surface area contributed by atoms with Gasteiger partial charge in [-0.25, -0.2) is 4.98 Å². The van der Waals surface area contributed by atoms with Crippen LogP contribution in [0.2, 0.25) is 0 Å². The van der Waals surface area contributed by atoms with E-state index >= 15 is 0 Å². The highest BCUT2D eigenvalue weighted by molar-refractivity contribution is 7.80. The van der Waals surface area contributed by atoms with Crippen LogP contribution in [-0.2, 0) is 0 Å². The average Bonchev–Trinajstić information content (AvgIpc) is 3.12. The van der Waals surface area contributed by atoms with Crippen LogP contribution in [0.3, 0.4) is 0 Å². The fourth-order valence-electron chi connectivity index (χ4n) is 3.97. The van der Waals surface area contributed by atoms with Crippen LogP contribution >= 0.6 is 12.2 Å². The van der Waals surface area contributed by atoms with E-state index in [1.807, 2.05) is 37.6 Å². The molecule has 1 aliphatic rings. The van der Waals surface area contributed by atoms with Gasteiger partial charge in [0.2, 0.25) is 0 Å². The van der Waals surface area contributed by atoms with Gasteiger partial charge < -0.3 is 14.8 Å². The molecule has 0 unspecified atom stereocenters. The number of thiocarbonyl (C=S) groups is 1. The highest BCUT2D eigenvalue weighted by Crippen LogP contribution is 2.40. The number of nitrogens with one attached hydrogen (secondary N) is 1. The summed E-state index contributed by atoms with van der Waals surface area (Å²) in [6.45, 7) is 6.37. The first-order valence-electron chi connectivity index (χ1n) is 9.04. The van der Waals surface area contributed by atoms with E-state index in [1.54, 1.807) is 0 Å². The maximum Gasteiger partial charge on any atom is 0.169 e. The first-order chi connectivity index (χ1) is 13.0. The molecule has 0 radical (unpaired) electrons. The fourth-order valence-corrected chi connectivity index (χ4v) is 4.21. The van der Waals surface area contributed by atoms with Crippen LogP contribution in [0.1, 0.15) is 40.3 Å². The minimum atomic E-state index is 0.0162. The number of aromatic nitrogens is 3. The average molecular weight is 378 g/mol. The molecule has 3 aromatic heterocycles. The van der Waals surface area contributed by atoms with Crippen molar-refractivity contribution in [3.63, 3.8) is 0 Å². The Hall–Kier alpha value is -2.73. The van der Waals surface area contributed by atoms with Crippen LogP contribution in [0.15, 0.2) is 48.8 Å². The summed E-state index contributed by atoms with van der Waals surface area (Å²) in [4.78, 5) is 11.3. The summed E-state index contributed by atoms with van der Waals surface area (Å²) in [5.74, 6) is 0.976. The van der Waals surface area contributed by atoms with Gasteiger partial charge in [-0.15, -0.1) is 0 Å². The maximum atomic E-state index is 5.56. The quantitative estimate of drug-likeness (QED) is 0.704. The first-order valence-corrected chi connectivity index (χ1v) is 9.45. The number of likely N-dealkylation sites (N-methyl/N-ethyl adjacent to an activating group) is 1. The molecule has 4 rings (SSSR count). The predicted octanol–water partition coefficient (Wildman–Crippen LogP) is 3.79. The molecule has 27 heavy (non-hydrogen) atoms. The Balaban J connectivity index is 1.84. The zero-order valence-electron chi connectivity index (χ0n) is 16.0. The summed E-state index contributed by atoms with van der Waals surface area (Å²) < 4.78 is 2.23. The summed E-state index contributed by atoms with van der Waals surface area (Å²) in [5, 5.41) is 4.19. The Morgan fingerprint density at radius 3 is 2.52 bits per heavy atom. The SMILES string of the molecule is Cc1cccnc1-n1c(C)cc([C@@H]2[C@H](c3ccccn3)NC(=S)N2C)c1C. The lowest BCUT2D eigenvalue weighted by Gasteiger charge is -2.24. The zero-order chi connectivity index (χ0) is 19.1. The molecule has 1 N–H and O–H groups in total. The van der Waals surface area contributed by atoms with Crippen LogP contribution in [0.5, 0.6) is 0 Å². The molecule has 2 atom stereocenters. The highest BCUT2D eigenvalue weighted by atomic mass is 32.1. The largest absolute Gasteiger partial charge is 0.352 e. The van der Waals surface area contributed by atoms with Crippen LogP contribution in [0, 0.1) is 20.8 Å². The van der Waals surface area contributed by atoms with E-state index in [0.29, 0.717) is 0 Å². The van der Waals surface area contributed by atoms with Gasteiger partial charge in [-0.05, 0) is 68.4 Å². The second kappa shape index (κ2) is 6.78. The standard InChI is InChI=1S/C21H23N5S/c1-13-8-7-11-23-20(13)26-14(2)12-16(15(26)3)19-18(24-21(27)25(19)4)17-9-5-6-10-22-17/h5-12,18-19H,1-4H3,(H,24,27)/t18-,19+/m0/s1. The van der Waals surface area contributed by atoms with Gasteiger partial charge in [0.25, 0.3) is 0 Å². The Kier molecular flexibility index (Phi) is 4.44. The van der Waals surface area contributed by atoms with Gasteiger partial charge in [0.05, 0.1) is 17.8 Å². The van der Waals surface area contributed by atoms with Crippen molar-refractivity contribution in [2.75, 3.05) is 7.05 Å². The monoisotopic (exact) mass is 377 g/mol. The van der Waals surface area contributed by atoms with Crippen molar-refractivity contribution in [2.24, 2.45) is 0 Å². The predicted molar refractivity (Wildman–Crippen MR) is 111 cm³/mol. The van der Waals surface area contributed by atoms with Crippen LogP contribution in [0.4, 0.5) is 0 Å². The third-order valence-electron chi connectivity index (χ3n) is 5.32. The minimum absolute atomic E-state index is 0.0162. The fraction of sp³-hybridized carbons (Fsp3) is 0.286.